The van der Waals surface area contributed by atoms with Gasteiger partial charge in [-0.1, -0.05) is 38.1 Å². The van der Waals surface area contributed by atoms with E-state index in [-0.39, 0.29) is 24.8 Å². The number of benzene rings is 2. The molecule has 0 unspecified atom stereocenters. The first-order chi connectivity index (χ1) is 12.8. The highest BCUT2D eigenvalue weighted by molar-refractivity contribution is 5.93. The Hall–Kier alpha value is -3.15. The van der Waals surface area contributed by atoms with Crippen LogP contribution in [0.15, 0.2) is 48.5 Å². The standard InChI is InChI=1S/C21H24N2O4/c1-14(2)17-6-10-19(11-7-17)23-20(25)13-27-21(26)12-16-4-8-18(9-5-16)22-15(3)24/h4-11,14H,12-13H2,1-3H3,(H,22,24)(H,23,25). The number of esters is 1. The summed E-state index contributed by atoms with van der Waals surface area (Å²) in [5, 5.41) is 5.35. The van der Waals surface area contributed by atoms with Gasteiger partial charge in [0.2, 0.25) is 5.91 Å². The first-order valence-corrected chi connectivity index (χ1v) is 8.75. The van der Waals surface area contributed by atoms with Gasteiger partial charge in [-0.15, -0.1) is 0 Å². The molecule has 0 aliphatic carbocycles. The van der Waals surface area contributed by atoms with Crippen molar-refractivity contribution in [1.29, 1.82) is 0 Å². The van der Waals surface area contributed by atoms with Crippen molar-refractivity contribution in [3.8, 4) is 0 Å². The molecule has 2 amide bonds. The van der Waals surface area contributed by atoms with Gasteiger partial charge in [-0.25, -0.2) is 0 Å². The van der Waals surface area contributed by atoms with E-state index in [0.717, 1.165) is 5.56 Å². The number of carbonyl (C=O) groups is 3. The number of amides is 2. The van der Waals surface area contributed by atoms with Crippen LogP contribution in [-0.2, 0) is 25.5 Å². The van der Waals surface area contributed by atoms with Crippen LogP contribution in [0.2, 0.25) is 0 Å². The van der Waals surface area contributed by atoms with Crippen LogP contribution in [-0.4, -0.2) is 24.4 Å². The summed E-state index contributed by atoms with van der Waals surface area (Å²) in [6, 6.07) is 14.4. The molecule has 0 atom stereocenters. The van der Waals surface area contributed by atoms with Gasteiger partial charge in [0, 0.05) is 18.3 Å². The fourth-order valence-corrected chi connectivity index (χ4v) is 2.42. The van der Waals surface area contributed by atoms with Gasteiger partial charge in [0.15, 0.2) is 6.61 Å². The molecule has 2 aromatic carbocycles. The highest BCUT2D eigenvalue weighted by Crippen LogP contribution is 2.17. The van der Waals surface area contributed by atoms with E-state index in [1.54, 1.807) is 24.3 Å². The van der Waals surface area contributed by atoms with E-state index >= 15 is 0 Å². The summed E-state index contributed by atoms with van der Waals surface area (Å²) in [5.74, 6) is -0.621. The van der Waals surface area contributed by atoms with E-state index < -0.39 is 5.97 Å². The molecule has 27 heavy (non-hydrogen) atoms. The molecule has 0 radical (unpaired) electrons. The molecule has 0 aliphatic heterocycles. The average Bonchev–Trinajstić information content (AvgIpc) is 2.62. The normalized spacial score (nSPS) is 10.4. The van der Waals surface area contributed by atoms with Crippen molar-refractivity contribution in [2.24, 2.45) is 0 Å². The van der Waals surface area contributed by atoms with Crippen LogP contribution in [0.4, 0.5) is 11.4 Å². The van der Waals surface area contributed by atoms with Crippen molar-refractivity contribution in [3.05, 3.63) is 59.7 Å². The van der Waals surface area contributed by atoms with Crippen LogP contribution < -0.4 is 10.6 Å². The topological polar surface area (TPSA) is 84.5 Å². The third-order valence-electron chi connectivity index (χ3n) is 3.85. The maximum atomic E-state index is 11.9. The van der Waals surface area contributed by atoms with Crippen molar-refractivity contribution in [2.45, 2.75) is 33.1 Å². The molecule has 6 heteroatoms. The van der Waals surface area contributed by atoms with E-state index in [1.807, 2.05) is 24.3 Å². The van der Waals surface area contributed by atoms with E-state index in [1.165, 1.54) is 12.5 Å². The summed E-state index contributed by atoms with van der Waals surface area (Å²) < 4.78 is 5.02. The molecule has 0 fully saturated rings. The van der Waals surface area contributed by atoms with Crippen molar-refractivity contribution in [2.75, 3.05) is 17.2 Å². The Labute approximate surface area is 158 Å². The molecule has 6 nitrogen and oxygen atoms in total. The third-order valence-corrected chi connectivity index (χ3v) is 3.85. The van der Waals surface area contributed by atoms with Crippen LogP contribution in [0.5, 0.6) is 0 Å². The summed E-state index contributed by atoms with van der Waals surface area (Å²) in [6.07, 6.45) is 0.0523. The lowest BCUT2D eigenvalue weighted by Gasteiger charge is -2.09. The predicted molar refractivity (Wildman–Crippen MR) is 105 cm³/mol. The SMILES string of the molecule is CC(=O)Nc1ccc(CC(=O)OCC(=O)Nc2ccc(C(C)C)cc2)cc1. The van der Waals surface area contributed by atoms with Gasteiger partial charge in [-0.2, -0.15) is 0 Å². The smallest absolute Gasteiger partial charge is 0.310 e. The Morgan fingerprint density at radius 1 is 0.889 bits per heavy atom. The molecular weight excluding hydrogens is 344 g/mol. The Balaban J connectivity index is 1.77. The zero-order valence-electron chi connectivity index (χ0n) is 15.7. The van der Waals surface area contributed by atoms with Gasteiger partial charge in [0.05, 0.1) is 6.42 Å². The summed E-state index contributed by atoms with van der Waals surface area (Å²) >= 11 is 0. The number of nitrogens with one attached hydrogen (secondary N) is 2. The minimum absolute atomic E-state index is 0.0523. The summed E-state index contributed by atoms with van der Waals surface area (Å²) in [5.41, 5.74) is 3.24. The van der Waals surface area contributed by atoms with E-state index in [4.69, 9.17) is 4.74 Å². The predicted octanol–water partition coefficient (Wildman–Crippen LogP) is 3.49. The van der Waals surface area contributed by atoms with Crippen molar-refractivity contribution < 1.29 is 19.1 Å². The second kappa shape index (κ2) is 9.52. The Kier molecular flexibility index (Phi) is 7.11. The van der Waals surface area contributed by atoms with Crippen molar-refractivity contribution >= 4 is 29.2 Å². The summed E-state index contributed by atoms with van der Waals surface area (Å²) in [7, 11) is 0. The molecule has 2 rings (SSSR count). The first kappa shape index (κ1) is 20.2. The summed E-state index contributed by atoms with van der Waals surface area (Å²) in [6.45, 7) is 5.28. The number of rotatable bonds is 7. The second-order valence-electron chi connectivity index (χ2n) is 6.54. The molecule has 0 bridgehead atoms. The van der Waals surface area contributed by atoms with Crippen LogP contribution >= 0.6 is 0 Å². The molecular formula is C21H24N2O4. The molecule has 0 heterocycles. The Bertz CT molecular complexity index is 796. The monoisotopic (exact) mass is 368 g/mol. The maximum absolute atomic E-state index is 11.9. The fourth-order valence-electron chi connectivity index (χ4n) is 2.42. The molecule has 142 valence electrons. The largest absolute Gasteiger partial charge is 0.455 e. The van der Waals surface area contributed by atoms with Crippen LogP contribution in [0.3, 0.4) is 0 Å². The Morgan fingerprint density at radius 2 is 1.44 bits per heavy atom. The first-order valence-electron chi connectivity index (χ1n) is 8.75. The minimum atomic E-state index is -0.493. The third kappa shape index (κ3) is 6.93. The number of anilines is 2. The number of ether oxygens (including phenoxy) is 1. The quantitative estimate of drug-likeness (QED) is 0.733. The van der Waals surface area contributed by atoms with E-state index in [0.29, 0.717) is 17.3 Å². The van der Waals surface area contributed by atoms with Crippen LogP contribution in [0.1, 0.15) is 37.8 Å². The molecule has 0 saturated heterocycles. The summed E-state index contributed by atoms with van der Waals surface area (Å²) in [4.78, 5) is 34.8. The zero-order valence-corrected chi connectivity index (χ0v) is 15.7. The molecule has 0 saturated carbocycles. The maximum Gasteiger partial charge on any atom is 0.310 e. The average molecular weight is 368 g/mol. The van der Waals surface area contributed by atoms with Gasteiger partial charge < -0.3 is 15.4 Å². The van der Waals surface area contributed by atoms with Crippen molar-refractivity contribution in [3.63, 3.8) is 0 Å². The number of hydrogen-bond acceptors (Lipinski definition) is 4. The van der Waals surface area contributed by atoms with E-state index in [2.05, 4.69) is 24.5 Å². The number of hydrogen-bond donors (Lipinski definition) is 2. The molecule has 0 aliphatic rings. The second-order valence-corrected chi connectivity index (χ2v) is 6.54. The van der Waals surface area contributed by atoms with Gasteiger partial charge in [-0.05, 0) is 41.3 Å². The lowest BCUT2D eigenvalue weighted by molar-refractivity contribution is -0.146. The lowest BCUT2D eigenvalue weighted by Crippen LogP contribution is -2.21. The molecule has 0 spiro atoms. The molecule has 2 aromatic rings. The highest BCUT2D eigenvalue weighted by atomic mass is 16.5. The highest BCUT2D eigenvalue weighted by Gasteiger charge is 2.09. The van der Waals surface area contributed by atoms with Gasteiger partial charge in [-0.3, -0.25) is 14.4 Å². The minimum Gasteiger partial charge on any atom is -0.455 e. The van der Waals surface area contributed by atoms with E-state index in [9.17, 15) is 14.4 Å². The fraction of sp³-hybridized carbons (Fsp3) is 0.286. The molecule has 0 aromatic heterocycles. The van der Waals surface area contributed by atoms with Crippen LogP contribution in [0, 0.1) is 0 Å². The van der Waals surface area contributed by atoms with Gasteiger partial charge >= 0.3 is 5.97 Å². The molecule has 2 N–H and O–H groups in total. The lowest BCUT2D eigenvalue weighted by atomic mass is 10.0. The van der Waals surface area contributed by atoms with Crippen molar-refractivity contribution in [1.82, 2.24) is 0 Å². The Morgan fingerprint density at radius 3 is 2.00 bits per heavy atom. The van der Waals surface area contributed by atoms with Crippen LogP contribution in [0.25, 0.3) is 0 Å². The number of carbonyl (C=O) groups excluding carboxylic acids is 3. The van der Waals surface area contributed by atoms with Gasteiger partial charge in [0.1, 0.15) is 0 Å². The zero-order chi connectivity index (χ0) is 19.8. The van der Waals surface area contributed by atoms with Gasteiger partial charge in [0.25, 0.3) is 5.91 Å².